The molecule has 0 amide bonds. The second-order valence-corrected chi connectivity index (χ2v) is 4.48. The molecule has 0 aromatic rings. The minimum atomic E-state index is 0. The number of hydrogen-bond acceptors (Lipinski definition) is 4. The van der Waals surface area contributed by atoms with Crippen molar-refractivity contribution >= 4 is 11.6 Å². The van der Waals surface area contributed by atoms with Gasteiger partial charge in [-0.05, 0) is 38.2 Å². The molecular formula is C18H22CuN2O2. The maximum Gasteiger partial charge on any atom is 0.187 e. The van der Waals surface area contributed by atoms with E-state index in [9.17, 15) is 9.59 Å². The zero-order valence-electron chi connectivity index (χ0n) is 13.3. The number of carbonyl (C=O) groups excluding carboxylic acids is 2. The van der Waals surface area contributed by atoms with Crippen LogP contribution in [0.25, 0.3) is 0 Å². The van der Waals surface area contributed by atoms with Gasteiger partial charge in [0, 0.05) is 53.7 Å². The Bertz CT molecular complexity index is 530. The molecule has 1 radical (unpaired) electrons. The predicted octanol–water partition coefficient (Wildman–Crippen LogP) is 2.35. The van der Waals surface area contributed by atoms with Crippen LogP contribution < -0.4 is 10.6 Å². The van der Waals surface area contributed by atoms with Crippen molar-refractivity contribution in [3.8, 4) is 0 Å². The fourth-order valence-electron chi connectivity index (χ4n) is 1.62. The number of allylic oxidation sites excluding steroid dienone is 10. The molecule has 0 saturated carbocycles. The van der Waals surface area contributed by atoms with Crippen molar-refractivity contribution in [2.75, 3.05) is 13.1 Å². The van der Waals surface area contributed by atoms with Gasteiger partial charge < -0.3 is 10.6 Å². The van der Waals surface area contributed by atoms with E-state index < -0.39 is 0 Å². The van der Waals surface area contributed by atoms with Gasteiger partial charge in [-0.2, -0.15) is 0 Å². The van der Waals surface area contributed by atoms with E-state index in [1.807, 2.05) is 26.0 Å². The van der Waals surface area contributed by atoms with Crippen LogP contribution in [0.5, 0.6) is 0 Å². The standard InChI is InChI=1S/2C9H11NO.Cu/c2*1-2-10-7-8-5-3-4-6-9(8)11;/h2*3-7,10H,2H2,1H3;. The molecule has 0 aromatic heterocycles. The summed E-state index contributed by atoms with van der Waals surface area (Å²) in [5, 5.41) is 5.96. The number of ketones is 2. The number of hydrogen-bond donors (Lipinski definition) is 2. The largest absolute Gasteiger partial charge is 0.391 e. The van der Waals surface area contributed by atoms with Gasteiger partial charge in [-0.3, -0.25) is 9.59 Å². The third-order valence-electron chi connectivity index (χ3n) is 2.76. The second kappa shape index (κ2) is 12.4. The van der Waals surface area contributed by atoms with Gasteiger partial charge in [0.15, 0.2) is 11.6 Å². The van der Waals surface area contributed by atoms with E-state index in [0.717, 1.165) is 13.1 Å². The molecule has 0 saturated heterocycles. The summed E-state index contributed by atoms with van der Waals surface area (Å²) >= 11 is 0. The van der Waals surface area contributed by atoms with Crippen LogP contribution in [0.3, 0.4) is 0 Å². The maximum absolute atomic E-state index is 11.1. The van der Waals surface area contributed by atoms with E-state index in [1.165, 1.54) is 0 Å². The Morgan fingerprint density at radius 2 is 1.09 bits per heavy atom. The molecule has 2 N–H and O–H groups in total. The molecule has 23 heavy (non-hydrogen) atoms. The molecule has 0 aromatic carbocycles. The Morgan fingerprint density at radius 3 is 1.39 bits per heavy atom. The molecular weight excluding hydrogens is 340 g/mol. The maximum atomic E-state index is 11.1. The van der Waals surface area contributed by atoms with Crippen molar-refractivity contribution in [1.82, 2.24) is 10.6 Å². The molecule has 5 heteroatoms. The van der Waals surface area contributed by atoms with Gasteiger partial charge >= 0.3 is 0 Å². The minimum Gasteiger partial charge on any atom is -0.391 e. The first-order chi connectivity index (χ1) is 10.7. The third kappa shape index (κ3) is 8.19. The van der Waals surface area contributed by atoms with Crippen molar-refractivity contribution in [2.45, 2.75) is 13.8 Å². The van der Waals surface area contributed by atoms with Crippen LogP contribution in [0.1, 0.15) is 13.8 Å². The summed E-state index contributed by atoms with van der Waals surface area (Å²) in [5.74, 6) is 0.127. The SMILES string of the molecule is CCNC=C1C=CC=CC1=O.CCNC=C1C=CC=CC1=O.[Cu]. The summed E-state index contributed by atoms with van der Waals surface area (Å²) in [6.45, 7) is 5.66. The Labute approximate surface area is 148 Å². The molecule has 0 spiro atoms. The van der Waals surface area contributed by atoms with Gasteiger partial charge in [-0.25, -0.2) is 0 Å². The van der Waals surface area contributed by atoms with E-state index >= 15 is 0 Å². The summed E-state index contributed by atoms with van der Waals surface area (Å²) in [4.78, 5) is 22.1. The fourth-order valence-corrected chi connectivity index (χ4v) is 1.62. The average Bonchev–Trinajstić information content (AvgIpc) is 2.54. The Balaban J connectivity index is 0.000000403. The molecule has 2 rings (SSSR count). The van der Waals surface area contributed by atoms with Crippen LogP contribution >= 0.6 is 0 Å². The third-order valence-corrected chi connectivity index (χ3v) is 2.76. The van der Waals surface area contributed by atoms with Gasteiger partial charge in [0.05, 0.1) is 0 Å². The monoisotopic (exact) mass is 361 g/mol. The van der Waals surface area contributed by atoms with E-state index in [2.05, 4.69) is 10.6 Å². The van der Waals surface area contributed by atoms with E-state index in [0.29, 0.717) is 11.1 Å². The summed E-state index contributed by atoms with van der Waals surface area (Å²) in [6, 6.07) is 0. The Hall–Kier alpha value is -2.10. The van der Waals surface area contributed by atoms with Crippen LogP contribution in [-0.2, 0) is 26.7 Å². The number of nitrogens with one attached hydrogen (secondary N) is 2. The Kier molecular flexibility index (Phi) is 11.3. The average molecular weight is 362 g/mol. The Morgan fingerprint density at radius 1 is 0.739 bits per heavy atom. The van der Waals surface area contributed by atoms with Crippen LogP contribution in [0.2, 0.25) is 0 Å². The van der Waals surface area contributed by atoms with Crippen LogP contribution in [-0.4, -0.2) is 24.7 Å². The molecule has 2 aliphatic carbocycles. The van der Waals surface area contributed by atoms with Gasteiger partial charge in [-0.1, -0.05) is 24.3 Å². The fraction of sp³-hybridized carbons (Fsp3) is 0.222. The normalized spacial score (nSPS) is 18.5. The van der Waals surface area contributed by atoms with E-state index in [-0.39, 0.29) is 28.6 Å². The van der Waals surface area contributed by atoms with Crippen molar-refractivity contribution in [2.24, 2.45) is 0 Å². The van der Waals surface area contributed by atoms with Gasteiger partial charge in [0.1, 0.15) is 0 Å². The van der Waals surface area contributed by atoms with Crippen molar-refractivity contribution in [3.05, 3.63) is 72.2 Å². The summed E-state index contributed by atoms with van der Waals surface area (Å²) in [5.41, 5.74) is 1.43. The van der Waals surface area contributed by atoms with Crippen molar-refractivity contribution in [3.63, 3.8) is 0 Å². The van der Waals surface area contributed by atoms with Crippen molar-refractivity contribution in [1.29, 1.82) is 0 Å². The first-order valence-electron chi connectivity index (χ1n) is 7.34. The molecule has 0 aliphatic heterocycles. The minimum absolute atomic E-state index is 0. The smallest absolute Gasteiger partial charge is 0.187 e. The first-order valence-corrected chi connectivity index (χ1v) is 7.34. The molecule has 0 heterocycles. The predicted molar refractivity (Wildman–Crippen MR) is 90.1 cm³/mol. The summed E-state index contributed by atoms with van der Waals surface area (Å²) < 4.78 is 0. The van der Waals surface area contributed by atoms with Gasteiger partial charge in [0.2, 0.25) is 0 Å². The molecule has 4 nitrogen and oxygen atoms in total. The van der Waals surface area contributed by atoms with E-state index in [1.54, 1.807) is 48.9 Å². The molecule has 0 atom stereocenters. The van der Waals surface area contributed by atoms with E-state index in [4.69, 9.17) is 0 Å². The quantitative estimate of drug-likeness (QED) is 0.596. The molecule has 127 valence electrons. The van der Waals surface area contributed by atoms with Crippen LogP contribution in [0.15, 0.2) is 72.2 Å². The topological polar surface area (TPSA) is 58.2 Å². The number of rotatable bonds is 4. The zero-order valence-corrected chi connectivity index (χ0v) is 14.2. The van der Waals surface area contributed by atoms with Crippen LogP contribution in [0.4, 0.5) is 0 Å². The van der Waals surface area contributed by atoms with Crippen LogP contribution in [0, 0.1) is 0 Å². The van der Waals surface area contributed by atoms with Crippen molar-refractivity contribution < 1.29 is 26.7 Å². The zero-order chi connectivity index (χ0) is 16.2. The molecule has 0 fully saturated rings. The summed E-state index contributed by atoms with van der Waals surface area (Å²) in [6.07, 6.45) is 17.4. The molecule has 0 bridgehead atoms. The summed E-state index contributed by atoms with van der Waals surface area (Å²) in [7, 11) is 0. The van der Waals surface area contributed by atoms with Gasteiger partial charge in [-0.15, -0.1) is 0 Å². The van der Waals surface area contributed by atoms with Gasteiger partial charge in [0.25, 0.3) is 0 Å². The number of carbonyl (C=O) groups is 2. The molecule has 2 aliphatic rings. The second-order valence-electron chi connectivity index (χ2n) is 4.48. The first kappa shape index (κ1) is 20.9. The molecule has 0 unspecified atom stereocenters.